The van der Waals surface area contributed by atoms with Gasteiger partial charge >= 0.3 is 17.9 Å². The maximum absolute atomic E-state index is 11.4. The smallest absolute Gasteiger partial charge is 0.374 e. The molecule has 0 unspecified atom stereocenters. The fraction of sp³-hybridized carbons (Fsp3) is 0.300. The van der Waals surface area contributed by atoms with Crippen molar-refractivity contribution in [3.8, 4) is 0 Å². The molecule has 1 rings (SSSR count). The van der Waals surface area contributed by atoms with Crippen molar-refractivity contribution in [2.75, 3.05) is 21.3 Å². The summed E-state index contributed by atoms with van der Waals surface area (Å²) in [4.78, 5) is 34.0. The van der Waals surface area contributed by atoms with Crippen molar-refractivity contribution >= 4 is 17.9 Å². The van der Waals surface area contributed by atoms with E-state index < -0.39 is 23.7 Å². The molecule has 0 aliphatic carbocycles. The van der Waals surface area contributed by atoms with Gasteiger partial charge < -0.3 is 18.6 Å². The predicted molar refractivity (Wildman–Crippen MR) is 51.6 cm³/mol. The highest BCUT2D eigenvalue weighted by Gasteiger charge is 2.31. The summed E-state index contributed by atoms with van der Waals surface area (Å²) in [6.07, 6.45) is 2.10. The van der Waals surface area contributed by atoms with E-state index in [9.17, 15) is 14.4 Å². The first-order valence-corrected chi connectivity index (χ1v) is 4.36. The Morgan fingerprint density at radius 1 is 0.941 bits per heavy atom. The van der Waals surface area contributed by atoms with Gasteiger partial charge in [0.25, 0.3) is 0 Å². The van der Waals surface area contributed by atoms with Crippen molar-refractivity contribution in [3.63, 3.8) is 0 Å². The van der Waals surface area contributed by atoms with Gasteiger partial charge in [-0.25, -0.2) is 14.4 Å². The third-order valence-electron chi connectivity index (χ3n) is 1.88. The average Bonchev–Trinajstić information content (AvgIpc) is 2.80. The van der Waals surface area contributed by atoms with E-state index in [2.05, 4.69) is 20.5 Å². The van der Waals surface area contributed by atoms with E-state index in [0.717, 1.165) is 21.3 Å². The zero-order valence-corrected chi connectivity index (χ0v) is 9.36. The van der Waals surface area contributed by atoms with E-state index in [0.29, 0.717) is 0 Å². The zero-order chi connectivity index (χ0) is 13.0. The molecule has 0 saturated heterocycles. The molecule has 0 fully saturated rings. The van der Waals surface area contributed by atoms with Gasteiger partial charge in [-0.15, -0.1) is 0 Å². The largest absolute Gasteiger partial charge is 0.465 e. The summed E-state index contributed by atoms with van der Waals surface area (Å²) in [7, 11) is 3.31. The van der Waals surface area contributed by atoms with Gasteiger partial charge in [0.2, 0.25) is 5.76 Å². The van der Waals surface area contributed by atoms with Gasteiger partial charge in [0.15, 0.2) is 6.26 Å². The van der Waals surface area contributed by atoms with Crippen LogP contribution in [0, 0.1) is 6.26 Å². The van der Waals surface area contributed by atoms with Crippen LogP contribution in [0.1, 0.15) is 31.3 Å². The van der Waals surface area contributed by atoms with E-state index in [1.165, 1.54) is 0 Å². The van der Waals surface area contributed by atoms with E-state index in [1.54, 1.807) is 0 Å². The summed E-state index contributed by atoms with van der Waals surface area (Å²) in [5.41, 5.74) is -0.689. The second-order valence-electron chi connectivity index (χ2n) is 2.76. The number of methoxy groups -OCH3 is 3. The highest BCUT2D eigenvalue weighted by Crippen LogP contribution is 2.19. The van der Waals surface area contributed by atoms with Crippen LogP contribution < -0.4 is 0 Å². The lowest BCUT2D eigenvalue weighted by Gasteiger charge is -2.01. The van der Waals surface area contributed by atoms with Crippen LogP contribution in [0.5, 0.6) is 0 Å². The Kier molecular flexibility index (Phi) is 3.86. The van der Waals surface area contributed by atoms with Crippen molar-refractivity contribution in [2.45, 2.75) is 0 Å². The predicted octanol–water partition coefficient (Wildman–Crippen LogP) is 0.440. The Labute approximate surface area is 96.2 Å². The molecule has 1 aromatic rings. The Balaban J connectivity index is 3.34. The van der Waals surface area contributed by atoms with Crippen molar-refractivity contribution in [2.24, 2.45) is 0 Å². The summed E-state index contributed by atoms with van der Waals surface area (Å²) in [5.74, 6) is -3.17. The van der Waals surface area contributed by atoms with E-state index in [1.807, 2.05) is 0 Å². The Morgan fingerprint density at radius 2 is 1.47 bits per heavy atom. The molecule has 0 spiro atoms. The van der Waals surface area contributed by atoms with Gasteiger partial charge in [-0.05, 0) is 0 Å². The molecular formula is C10H9O7. The highest BCUT2D eigenvalue weighted by atomic mass is 16.5. The van der Waals surface area contributed by atoms with E-state index in [4.69, 9.17) is 4.42 Å². The first-order chi connectivity index (χ1) is 8.06. The van der Waals surface area contributed by atoms with Crippen LogP contribution in [0.4, 0.5) is 0 Å². The molecule has 0 N–H and O–H groups in total. The molecule has 1 radical (unpaired) electrons. The molecule has 0 amide bonds. The molecule has 0 atom stereocenters. The molecule has 0 bridgehead atoms. The third kappa shape index (κ3) is 2.27. The third-order valence-corrected chi connectivity index (χ3v) is 1.88. The first kappa shape index (κ1) is 12.8. The van der Waals surface area contributed by atoms with Gasteiger partial charge in [-0.2, -0.15) is 0 Å². The summed E-state index contributed by atoms with van der Waals surface area (Å²) in [6, 6.07) is 0. The van der Waals surface area contributed by atoms with Gasteiger partial charge in [-0.1, -0.05) is 0 Å². The fourth-order valence-corrected chi connectivity index (χ4v) is 1.10. The van der Waals surface area contributed by atoms with E-state index in [-0.39, 0.29) is 11.1 Å². The zero-order valence-electron chi connectivity index (χ0n) is 9.36. The van der Waals surface area contributed by atoms with E-state index >= 15 is 0 Å². The standard InChI is InChI=1S/C10H9O7/c1-14-8(11)5-4-17-7(10(13)16-3)6(5)9(12)15-2/h1-3H3. The minimum Gasteiger partial charge on any atom is -0.465 e. The number of hydrogen-bond donors (Lipinski definition) is 0. The van der Waals surface area contributed by atoms with Gasteiger partial charge in [0.05, 0.1) is 21.3 Å². The van der Waals surface area contributed by atoms with Crippen LogP contribution in [0.15, 0.2) is 4.42 Å². The monoisotopic (exact) mass is 241 g/mol. The van der Waals surface area contributed by atoms with Gasteiger partial charge in [0.1, 0.15) is 11.1 Å². The number of hydrogen-bond acceptors (Lipinski definition) is 7. The first-order valence-electron chi connectivity index (χ1n) is 4.36. The lowest BCUT2D eigenvalue weighted by Crippen LogP contribution is -2.14. The highest BCUT2D eigenvalue weighted by molar-refractivity contribution is 6.09. The van der Waals surface area contributed by atoms with Crippen LogP contribution in [-0.4, -0.2) is 39.2 Å². The van der Waals surface area contributed by atoms with Crippen LogP contribution in [0.25, 0.3) is 0 Å². The number of furan rings is 1. The number of carbonyl (C=O) groups excluding carboxylic acids is 3. The van der Waals surface area contributed by atoms with Crippen molar-refractivity contribution in [1.82, 2.24) is 0 Å². The van der Waals surface area contributed by atoms with Gasteiger partial charge in [-0.3, -0.25) is 0 Å². The normalized spacial score (nSPS) is 9.59. The average molecular weight is 241 g/mol. The molecule has 7 heteroatoms. The van der Waals surface area contributed by atoms with Crippen molar-refractivity contribution in [1.29, 1.82) is 0 Å². The summed E-state index contributed by atoms with van der Waals surface area (Å²) < 4.78 is 17.9. The second-order valence-corrected chi connectivity index (χ2v) is 2.76. The molecule has 0 aromatic carbocycles. The Morgan fingerprint density at radius 3 is 1.94 bits per heavy atom. The quantitative estimate of drug-likeness (QED) is 0.559. The molecule has 91 valence electrons. The van der Waals surface area contributed by atoms with Crippen LogP contribution in [-0.2, 0) is 14.2 Å². The number of carbonyl (C=O) groups is 3. The minimum absolute atomic E-state index is 0.320. The molecule has 17 heavy (non-hydrogen) atoms. The van der Waals surface area contributed by atoms with Crippen molar-refractivity contribution in [3.05, 3.63) is 23.2 Å². The Bertz CT molecular complexity index is 424. The molecule has 0 aliphatic heterocycles. The molecule has 1 heterocycles. The maximum Gasteiger partial charge on any atom is 0.374 e. The summed E-state index contributed by atoms with van der Waals surface area (Å²) >= 11 is 0. The molecule has 1 aromatic heterocycles. The molecule has 0 aliphatic rings. The SMILES string of the molecule is COC(=O)c1[c]oc(C(=O)OC)c1C(=O)OC. The summed E-state index contributed by atoms with van der Waals surface area (Å²) in [5, 5.41) is 0. The van der Waals surface area contributed by atoms with Gasteiger partial charge in [0, 0.05) is 0 Å². The number of esters is 3. The Hall–Kier alpha value is -2.31. The summed E-state index contributed by atoms with van der Waals surface area (Å²) in [6.45, 7) is 0. The molecule has 0 saturated carbocycles. The van der Waals surface area contributed by atoms with Crippen LogP contribution >= 0.6 is 0 Å². The molecular weight excluding hydrogens is 232 g/mol. The van der Waals surface area contributed by atoms with Crippen molar-refractivity contribution < 1.29 is 33.0 Å². The lowest BCUT2D eigenvalue weighted by atomic mass is 10.1. The van der Waals surface area contributed by atoms with Crippen LogP contribution in [0.3, 0.4) is 0 Å². The maximum atomic E-state index is 11.4. The number of ether oxygens (including phenoxy) is 3. The lowest BCUT2D eigenvalue weighted by molar-refractivity contribution is 0.0523. The van der Waals surface area contributed by atoms with Crippen LogP contribution in [0.2, 0.25) is 0 Å². The minimum atomic E-state index is -0.921. The topological polar surface area (TPSA) is 92.0 Å². The number of rotatable bonds is 3. The fourth-order valence-electron chi connectivity index (χ4n) is 1.10. The second kappa shape index (κ2) is 5.15. The molecule has 7 nitrogen and oxygen atoms in total.